The van der Waals surface area contributed by atoms with Crippen LogP contribution >= 0.6 is 22.6 Å². The number of carbonyl (C=O) groups is 5. The molecule has 1 aliphatic rings. The lowest BCUT2D eigenvalue weighted by atomic mass is 9.97. The van der Waals surface area contributed by atoms with Gasteiger partial charge in [0.1, 0.15) is 12.7 Å². The zero-order chi connectivity index (χ0) is 25.4. The molecule has 1 aliphatic heterocycles. The van der Waals surface area contributed by atoms with E-state index >= 15 is 0 Å². The molecule has 2 rings (SSSR count). The standard InChI is InChI=1S/C21H25IN2O10/c1-10(25)30-9-16-17(31-11(2)26)18(32-12(3)27)19(33-13(4)28)20(34-16)24-21(29)23-15-8-6-5-7-14(15)22/h5-8,16-20H,9H2,1-4H3,(H2,23,24,29)/t16?,17-,18?,19?,20+/m1/s1. The molecule has 1 aromatic carbocycles. The highest BCUT2D eigenvalue weighted by Gasteiger charge is 2.52. The molecular weight excluding hydrogens is 567 g/mol. The van der Waals surface area contributed by atoms with E-state index in [1.54, 1.807) is 24.3 Å². The van der Waals surface area contributed by atoms with E-state index in [0.717, 1.165) is 24.3 Å². The van der Waals surface area contributed by atoms with Crippen LogP contribution in [0.3, 0.4) is 0 Å². The van der Waals surface area contributed by atoms with Crippen molar-refractivity contribution in [1.29, 1.82) is 0 Å². The second-order valence-electron chi connectivity index (χ2n) is 7.20. The van der Waals surface area contributed by atoms with Gasteiger partial charge in [0.15, 0.2) is 24.5 Å². The summed E-state index contributed by atoms with van der Waals surface area (Å²) in [5, 5.41) is 5.16. The number of nitrogens with one attached hydrogen (secondary N) is 2. The van der Waals surface area contributed by atoms with E-state index in [9.17, 15) is 24.0 Å². The van der Waals surface area contributed by atoms with Crippen molar-refractivity contribution in [3.63, 3.8) is 0 Å². The number of hydrogen-bond donors (Lipinski definition) is 2. The molecule has 1 saturated heterocycles. The fraction of sp³-hybridized carbons (Fsp3) is 0.476. The lowest BCUT2D eigenvalue weighted by molar-refractivity contribution is -0.255. The number of hydrogen-bond acceptors (Lipinski definition) is 10. The summed E-state index contributed by atoms with van der Waals surface area (Å²) in [5.74, 6) is -2.93. The van der Waals surface area contributed by atoms with Crippen LogP contribution in [0, 0.1) is 3.57 Å². The van der Waals surface area contributed by atoms with Crippen molar-refractivity contribution in [3.05, 3.63) is 27.8 Å². The van der Waals surface area contributed by atoms with Crippen LogP contribution in [-0.4, -0.2) is 67.2 Å². The van der Waals surface area contributed by atoms with Crippen LogP contribution in [0.4, 0.5) is 10.5 Å². The third-order valence-electron chi connectivity index (χ3n) is 4.39. The van der Waals surface area contributed by atoms with Crippen molar-refractivity contribution in [1.82, 2.24) is 5.32 Å². The Morgan fingerprint density at radius 1 is 0.853 bits per heavy atom. The molecule has 0 spiro atoms. The van der Waals surface area contributed by atoms with Gasteiger partial charge in [-0.3, -0.25) is 19.2 Å². The van der Waals surface area contributed by atoms with Gasteiger partial charge >= 0.3 is 29.9 Å². The minimum atomic E-state index is -1.39. The first-order valence-corrected chi connectivity index (χ1v) is 11.2. The van der Waals surface area contributed by atoms with E-state index in [2.05, 4.69) is 10.6 Å². The Bertz CT molecular complexity index is 940. The molecule has 0 aliphatic carbocycles. The first-order chi connectivity index (χ1) is 16.0. The van der Waals surface area contributed by atoms with E-state index in [0.29, 0.717) is 5.69 Å². The van der Waals surface area contributed by atoms with Crippen LogP contribution in [0.25, 0.3) is 0 Å². The Kier molecular flexibility index (Phi) is 10.0. The van der Waals surface area contributed by atoms with E-state index < -0.39 is 67.2 Å². The van der Waals surface area contributed by atoms with Gasteiger partial charge in [0.2, 0.25) is 0 Å². The number of urea groups is 1. The first kappa shape index (κ1) is 27.3. The molecule has 186 valence electrons. The third-order valence-corrected chi connectivity index (χ3v) is 5.33. The van der Waals surface area contributed by atoms with Gasteiger partial charge in [0.05, 0.1) is 5.69 Å². The molecule has 0 radical (unpaired) electrons. The van der Waals surface area contributed by atoms with Crippen molar-refractivity contribution < 1.29 is 47.7 Å². The average Bonchev–Trinajstić information content (AvgIpc) is 2.71. The number of halogens is 1. The van der Waals surface area contributed by atoms with Gasteiger partial charge < -0.3 is 34.3 Å². The lowest BCUT2D eigenvalue weighted by Crippen LogP contribution is -2.66. The second kappa shape index (κ2) is 12.5. The topological polar surface area (TPSA) is 156 Å². The van der Waals surface area contributed by atoms with E-state index in [4.69, 9.17) is 23.7 Å². The number of carbonyl (C=O) groups excluding carboxylic acids is 5. The predicted molar refractivity (Wildman–Crippen MR) is 123 cm³/mol. The number of esters is 4. The van der Waals surface area contributed by atoms with Crippen LogP contribution in [0.2, 0.25) is 0 Å². The van der Waals surface area contributed by atoms with Crippen LogP contribution in [0.1, 0.15) is 27.7 Å². The van der Waals surface area contributed by atoms with Crippen LogP contribution in [0.5, 0.6) is 0 Å². The summed E-state index contributed by atoms with van der Waals surface area (Å²) in [6.07, 6.45) is -6.59. The SMILES string of the molecule is CC(=O)OCC1O[C@H](NC(=O)Nc2ccccc2I)C(OC(C)=O)C(OC(C)=O)[C@@H]1OC(C)=O. The van der Waals surface area contributed by atoms with Gasteiger partial charge in [-0.05, 0) is 34.7 Å². The number of anilines is 1. The van der Waals surface area contributed by atoms with Crippen molar-refractivity contribution in [3.8, 4) is 0 Å². The highest BCUT2D eigenvalue weighted by molar-refractivity contribution is 14.1. The number of rotatable bonds is 7. The number of amides is 2. The minimum absolute atomic E-state index is 0.395. The van der Waals surface area contributed by atoms with Crippen molar-refractivity contribution in [2.24, 2.45) is 0 Å². The Hall–Kier alpha value is -2.94. The quantitative estimate of drug-likeness (QED) is 0.270. The molecule has 0 saturated carbocycles. The minimum Gasteiger partial charge on any atom is -0.463 e. The van der Waals surface area contributed by atoms with Crippen LogP contribution in [-0.2, 0) is 42.9 Å². The third kappa shape index (κ3) is 8.13. The Labute approximate surface area is 209 Å². The molecule has 0 aromatic heterocycles. The van der Waals surface area contributed by atoms with Gasteiger partial charge in [-0.25, -0.2) is 4.79 Å². The Morgan fingerprint density at radius 3 is 1.97 bits per heavy atom. The molecule has 1 heterocycles. The zero-order valence-corrected chi connectivity index (χ0v) is 21.0. The maximum Gasteiger partial charge on any atom is 0.321 e. The molecule has 13 heteroatoms. The Morgan fingerprint density at radius 2 is 1.41 bits per heavy atom. The largest absolute Gasteiger partial charge is 0.463 e. The maximum absolute atomic E-state index is 12.7. The van der Waals surface area contributed by atoms with Gasteiger partial charge in [0, 0.05) is 31.3 Å². The predicted octanol–water partition coefficient (Wildman–Crippen LogP) is 1.50. The normalized spacial score (nSPS) is 23.7. The summed E-state index contributed by atoms with van der Waals surface area (Å²) in [4.78, 5) is 59.4. The molecular formula is C21H25IN2O10. The molecule has 2 amide bonds. The van der Waals surface area contributed by atoms with Crippen LogP contribution < -0.4 is 10.6 Å². The second-order valence-corrected chi connectivity index (χ2v) is 8.36. The van der Waals surface area contributed by atoms with Gasteiger partial charge in [-0.15, -0.1) is 0 Å². The average molecular weight is 592 g/mol. The van der Waals surface area contributed by atoms with E-state index in [-0.39, 0.29) is 0 Å². The highest BCUT2D eigenvalue weighted by atomic mass is 127. The van der Waals surface area contributed by atoms with Crippen molar-refractivity contribution in [2.45, 2.75) is 58.3 Å². The number of ether oxygens (including phenoxy) is 5. The van der Waals surface area contributed by atoms with E-state index in [1.165, 1.54) is 6.92 Å². The molecule has 1 aromatic rings. The monoisotopic (exact) mass is 592 g/mol. The molecule has 0 bridgehead atoms. The number of para-hydroxylation sites is 1. The summed E-state index contributed by atoms with van der Waals surface area (Å²) in [5.41, 5.74) is 0.506. The summed E-state index contributed by atoms with van der Waals surface area (Å²) in [7, 11) is 0. The summed E-state index contributed by atoms with van der Waals surface area (Å²) >= 11 is 2.04. The molecule has 34 heavy (non-hydrogen) atoms. The zero-order valence-electron chi connectivity index (χ0n) is 18.9. The molecule has 5 atom stereocenters. The van der Waals surface area contributed by atoms with Crippen LogP contribution in [0.15, 0.2) is 24.3 Å². The van der Waals surface area contributed by atoms with Gasteiger partial charge in [0.25, 0.3) is 0 Å². The molecule has 1 fully saturated rings. The fourth-order valence-electron chi connectivity index (χ4n) is 3.19. The summed E-state index contributed by atoms with van der Waals surface area (Å²) < 4.78 is 27.5. The van der Waals surface area contributed by atoms with Crippen molar-refractivity contribution >= 4 is 58.2 Å². The van der Waals surface area contributed by atoms with Crippen molar-refractivity contribution in [2.75, 3.05) is 11.9 Å². The van der Waals surface area contributed by atoms with Gasteiger partial charge in [-0.1, -0.05) is 12.1 Å². The number of benzene rings is 1. The lowest BCUT2D eigenvalue weighted by Gasteiger charge is -2.44. The fourth-order valence-corrected chi connectivity index (χ4v) is 3.72. The molecule has 12 nitrogen and oxygen atoms in total. The smallest absolute Gasteiger partial charge is 0.321 e. The molecule has 2 N–H and O–H groups in total. The molecule has 3 unspecified atom stereocenters. The Balaban J connectivity index is 2.37. The van der Waals surface area contributed by atoms with E-state index in [1.807, 2.05) is 22.6 Å². The summed E-state index contributed by atoms with van der Waals surface area (Å²) in [6, 6.07) is 6.26. The first-order valence-electron chi connectivity index (χ1n) is 10.1. The highest BCUT2D eigenvalue weighted by Crippen LogP contribution is 2.28. The van der Waals surface area contributed by atoms with Gasteiger partial charge in [-0.2, -0.15) is 0 Å². The maximum atomic E-state index is 12.7. The summed E-state index contributed by atoms with van der Waals surface area (Å²) in [6.45, 7) is 4.11.